The molecule has 0 aliphatic carbocycles. The van der Waals surface area contributed by atoms with Gasteiger partial charge in [0.15, 0.2) is 11.5 Å². The van der Waals surface area contributed by atoms with Crippen LogP contribution in [0.1, 0.15) is 16.7 Å². The van der Waals surface area contributed by atoms with E-state index in [9.17, 15) is 9.59 Å². The van der Waals surface area contributed by atoms with Crippen LogP contribution in [-0.2, 0) is 17.9 Å². The van der Waals surface area contributed by atoms with Crippen molar-refractivity contribution in [3.8, 4) is 11.5 Å². The van der Waals surface area contributed by atoms with E-state index in [4.69, 9.17) is 21.1 Å². The van der Waals surface area contributed by atoms with Crippen LogP contribution in [-0.4, -0.2) is 23.2 Å². The highest BCUT2D eigenvalue weighted by Gasteiger charge is 2.35. The molecule has 0 radical (unpaired) electrons. The van der Waals surface area contributed by atoms with Crippen LogP contribution in [0, 0.1) is 0 Å². The standard InChI is InChI=1S/C25H19BrClNO4S/c1-31-21-10-7-17(12-22(21)32-15-16-5-8-19(26)9-6-16)13-23-24(29)28(25(30)33-23)14-18-3-2-4-20(27)11-18/h2-13H,14-15H2,1H3/b23-13-. The van der Waals surface area contributed by atoms with Crippen LogP contribution < -0.4 is 9.47 Å². The zero-order valence-electron chi connectivity index (χ0n) is 17.6. The fourth-order valence-electron chi connectivity index (χ4n) is 3.24. The van der Waals surface area contributed by atoms with Gasteiger partial charge in [-0.05, 0) is 70.9 Å². The molecule has 3 aromatic rings. The zero-order valence-corrected chi connectivity index (χ0v) is 20.7. The summed E-state index contributed by atoms with van der Waals surface area (Å²) in [4.78, 5) is 26.9. The van der Waals surface area contributed by atoms with Crippen molar-refractivity contribution in [1.82, 2.24) is 4.90 Å². The maximum absolute atomic E-state index is 12.9. The molecule has 5 nitrogen and oxygen atoms in total. The predicted molar refractivity (Wildman–Crippen MR) is 134 cm³/mol. The maximum Gasteiger partial charge on any atom is 0.293 e. The monoisotopic (exact) mass is 543 g/mol. The van der Waals surface area contributed by atoms with Gasteiger partial charge in [-0.1, -0.05) is 57.9 Å². The Labute approximate surface area is 209 Å². The summed E-state index contributed by atoms with van der Waals surface area (Å²) >= 11 is 10.4. The lowest BCUT2D eigenvalue weighted by Gasteiger charge is -2.13. The number of thioether (sulfide) groups is 1. The van der Waals surface area contributed by atoms with E-state index in [0.29, 0.717) is 28.0 Å². The molecule has 4 rings (SSSR count). The summed E-state index contributed by atoms with van der Waals surface area (Å²) in [6.45, 7) is 0.538. The Balaban J connectivity index is 1.51. The van der Waals surface area contributed by atoms with E-state index < -0.39 is 0 Å². The van der Waals surface area contributed by atoms with Crippen LogP contribution in [0.5, 0.6) is 11.5 Å². The number of nitrogens with zero attached hydrogens (tertiary/aromatic N) is 1. The molecule has 33 heavy (non-hydrogen) atoms. The van der Waals surface area contributed by atoms with Gasteiger partial charge in [0.1, 0.15) is 6.61 Å². The first-order valence-corrected chi connectivity index (χ1v) is 12.0. The molecule has 0 atom stereocenters. The van der Waals surface area contributed by atoms with Gasteiger partial charge in [0, 0.05) is 9.50 Å². The third kappa shape index (κ3) is 5.79. The van der Waals surface area contributed by atoms with E-state index in [1.165, 1.54) is 4.90 Å². The number of imide groups is 1. The van der Waals surface area contributed by atoms with Crippen LogP contribution in [0.25, 0.3) is 6.08 Å². The van der Waals surface area contributed by atoms with E-state index >= 15 is 0 Å². The molecule has 1 aliphatic rings. The molecular weight excluding hydrogens is 526 g/mol. The summed E-state index contributed by atoms with van der Waals surface area (Å²) < 4.78 is 12.4. The fraction of sp³-hybridized carbons (Fsp3) is 0.120. The Kier molecular flexibility index (Phi) is 7.42. The zero-order chi connectivity index (χ0) is 23.4. The minimum atomic E-state index is -0.335. The molecule has 0 unspecified atom stereocenters. The van der Waals surface area contributed by atoms with Crippen molar-refractivity contribution >= 4 is 56.5 Å². The second-order valence-corrected chi connectivity index (χ2v) is 9.57. The molecule has 2 amide bonds. The second kappa shape index (κ2) is 10.5. The molecule has 1 heterocycles. The van der Waals surface area contributed by atoms with Crippen LogP contribution in [0.2, 0.25) is 5.02 Å². The number of carbonyl (C=O) groups excluding carboxylic acids is 2. The minimum absolute atomic E-state index is 0.173. The summed E-state index contributed by atoms with van der Waals surface area (Å²) in [5.41, 5.74) is 2.53. The molecule has 1 aliphatic heterocycles. The fourth-order valence-corrected chi connectivity index (χ4v) is 4.56. The normalized spacial score (nSPS) is 14.8. The van der Waals surface area contributed by atoms with Crippen molar-refractivity contribution in [2.45, 2.75) is 13.2 Å². The number of rotatable bonds is 7. The number of carbonyl (C=O) groups is 2. The molecule has 1 saturated heterocycles. The van der Waals surface area contributed by atoms with E-state index in [-0.39, 0.29) is 17.7 Å². The number of ether oxygens (including phenoxy) is 2. The lowest BCUT2D eigenvalue weighted by molar-refractivity contribution is -0.123. The summed E-state index contributed by atoms with van der Waals surface area (Å²) in [6.07, 6.45) is 1.69. The SMILES string of the molecule is COc1ccc(/C=C2\SC(=O)N(Cc3cccc(Cl)c3)C2=O)cc1OCc1ccc(Br)cc1. The molecular formula is C25H19BrClNO4S. The number of methoxy groups -OCH3 is 1. The highest BCUT2D eigenvalue weighted by molar-refractivity contribution is 9.10. The lowest BCUT2D eigenvalue weighted by atomic mass is 10.1. The first-order valence-electron chi connectivity index (χ1n) is 9.98. The molecule has 0 bridgehead atoms. The summed E-state index contributed by atoms with van der Waals surface area (Å²) in [5, 5.41) is 0.246. The third-order valence-corrected chi connectivity index (χ3v) is 6.57. The van der Waals surface area contributed by atoms with Crippen LogP contribution >= 0.6 is 39.3 Å². The van der Waals surface area contributed by atoms with Gasteiger partial charge < -0.3 is 9.47 Å². The highest BCUT2D eigenvalue weighted by atomic mass is 79.9. The lowest BCUT2D eigenvalue weighted by Crippen LogP contribution is -2.27. The smallest absolute Gasteiger partial charge is 0.293 e. The van der Waals surface area contributed by atoms with E-state index in [0.717, 1.165) is 32.9 Å². The van der Waals surface area contributed by atoms with Crippen molar-refractivity contribution in [2.75, 3.05) is 7.11 Å². The molecule has 0 aromatic heterocycles. The summed E-state index contributed by atoms with van der Waals surface area (Å²) in [5.74, 6) is 0.795. The Hall–Kier alpha value is -2.74. The van der Waals surface area contributed by atoms with Gasteiger partial charge in [-0.3, -0.25) is 14.5 Å². The highest BCUT2D eigenvalue weighted by Crippen LogP contribution is 2.35. The van der Waals surface area contributed by atoms with E-state index in [1.54, 1.807) is 43.5 Å². The average Bonchev–Trinajstić information content (AvgIpc) is 3.06. The van der Waals surface area contributed by atoms with Crippen LogP contribution in [0.4, 0.5) is 4.79 Å². The van der Waals surface area contributed by atoms with Gasteiger partial charge in [-0.15, -0.1) is 0 Å². The number of benzene rings is 3. The first kappa shape index (κ1) is 23.4. The van der Waals surface area contributed by atoms with Crippen molar-refractivity contribution in [3.05, 3.63) is 97.8 Å². The number of hydrogen-bond donors (Lipinski definition) is 0. The molecule has 3 aromatic carbocycles. The average molecular weight is 545 g/mol. The van der Waals surface area contributed by atoms with Crippen molar-refractivity contribution < 1.29 is 19.1 Å². The molecule has 168 valence electrons. The van der Waals surface area contributed by atoms with Gasteiger partial charge in [0.25, 0.3) is 11.1 Å². The predicted octanol–water partition coefficient (Wildman–Crippen LogP) is 6.93. The molecule has 0 saturated carbocycles. The Morgan fingerprint density at radius 3 is 2.52 bits per heavy atom. The van der Waals surface area contributed by atoms with Gasteiger partial charge >= 0.3 is 0 Å². The molecule has 8 heteroatoms. The van der Waals surface area contributed by atoms with Crippen LogP contribution in [0.15, 0.2) is 76.1 Å². The summed E-state index contributed by atoms with van der Waals surface area (Å²) in [7, 11) is 1.57. The number of amides is 2. The Bertz CT molecular complexity index is 1230. The van der Waals surface area contributed by atoms with E-state index in [1.807, 2.05) is 36.4 Å². The van der Waals surface area contributed by atoms with E-state index in [2.05, 4.69) is 15.9 Å². The molecule has 0 N–H and O–H groups in total. The Morgan fingerprint density at radius 1 is 1.00 bits per heavy atom. The van der Waals surface area contributed by atoms with Gasteiger partial charge in [0.2, 0.25) is 0 Å². The minimum Gasteiger partial charge on any atom is -0.493 e. The third-order valence-electron chi connectivity index (χ3n) is 4.90. The molecule has 1 fully saturated rings. The largest absolute Gasteiger partial charge is 0.493 e. The van der Waals surface area contributed by atoms with Crippen molar-refractivity contribution in [3.63, 3.8) is 0 Å². The van der Waals surface area contributed by atoms with Crippen molar-refractivity contribution in [2.24, 2.45) is 0 Å². The second-order valence-electron chi connectivity index (χ2n) is 7.22. The first-order chi connectivity index (χ1) is 15.9. The maximum atomic E-state index is 12.9. The summed E-state index contributed by atoms with van der Waals surface area (Å²) in [6, 6.07) is 20.3. The quantitative estimate of drug-likeness (QED) is 0.302. The topological polar surface area (TPSA) is 55.8 Å². The van der Waals surface area contributed by atoms with Gasteiger partial charge in [-0.2, -0.15) is 0 Å². The van der Waals surface area contributed by atoms with Gasteiger partial charge in [0.05, 0.1) is 18.6 Å². The Morgan fingerprint density at radius 2 is 1.79 bits per heavy atom. The molecule has 0 spiro atoms. The van der Waals surface area contributed by atoms with Gasteiger partial charge in [-0.25, -0.2) is 0 Å². The number of hydrogen-bond acceptors (Lipinski definition) is 5. The number of halogens is 2. The van der Waals surface area contributed by atoms with Crippen LogP contribution in [0.3, 0.4) is 0 Å². The van der Waals surface area contributed by atoms with Crippen molar-refractivity contribution in [1.29, 1.82) is 0 Å².